The third kappa shape index (κ3) is 5.18. The van der Waals surface area contributed by atoms with E-state index in [9.17, 15) is 4.79 Å². The molecule has 1 amide bonds. The van der Waals surface area contributed by atoms with E-state index in [4.69, 9.17) is 4.74 Å². The van der Waals surface area contributed by atoms with E-state index in [2.05, 4.69) is 46.4 Å². The van der Waals surface area contributed by atoms with Crippen LogP contribution in [0.4, 0.5) is 0 Å². The Kier molecular flexibility index (Phi) is 6.79. The molecule has 0 bridgehead atoms. The van der Waals surface area contributed by atoms with E-state index >= 15 is 0 Å². The van der Waals surface area contributed by atoms with Gasteiger partial charge < -0.3 is 15.0 Å². The molecular weight excluding hydrogens is 370 g/mol. The van der Waals surface area contributed by atoms with E-state index in [1.807, 2.05) is 37.7 Å². The lowest BCUT2D eigenvalue weighted by Gasteiger charge is -2.25. The molecule has 6 heteroatoms. The highest BCUT2D eigenvalue weighted by molar-refractivity contribution is 7.07. The molecule has 0 fully saturated rings. The average Bonchev–Trinajstić information content (AvgIpc) is 3.21. The number of carbonyl (C=O) groups is 1. The van der Waals surface area contributed by atoms with Crippen LogP contribution in [0.1, 0.15) is 33.2 Å². The molecule has 2 aromatic carbocycles. The fourth-order valence-electron chi connectivity index (χ4n) is 2.91. The highest BCUT2D eigenvalue weighted by Crippen LogP contribution is 2.21. The van der Waals surface area contributed by atoms with Gasteiger partial charge in [-0.15, -0.1) is 11.3 Å². The zero-order chi connectivity index (χ0) is 19.9. The number of aromatic nitrogens is 1. The lowest BCUT2D eigenvalue weighted by molar-refractivity contribution is 0.0937. The Morgan fingerprint density at radius 2 is 1.93 bits per heavy atom. The van der Waals surface area contributed by atoms with Crippen molar-refractivity contribution in [3.63, 3.8) is 0 Å². The summed E-state index contributed by atoms with van der Waals surface area (Å²) in [6, 6.07) is 15.8. The van der Waals surface area contributed by atoms with Gasteiger partial charge in [-0.3, -0.25) is 4.79 Å². The van der Waals surface area contributed by atoms with Crippen molar-refractivity contribution in [3.8, 4) is 5.75 Å². The maximum Gasteiger partial charge on any atom is 0.255 e. The Bertz CT molecular complexity index is 892. The van der Waals surface area contributed by atoms with Crippen LogP contribution in [0.3, 0.4) is 0 Å². The van der Waals surface area contributed by atoms with Crippen molar-refractivity contribution >= 4 is 17.2 Å². The number of rotatable bonds is 8. The smallest absolute Gasteiger partial charge is 0.255 e. The first-order valence-electron chi connectivity index (χ1n) is 9.14. The van der Waals surface area contributed by atoms with Crippen molar-refractivity contribution in [2.24, 2.45) is 0 Å². The van der Waals surface area contributed by atoms with E-state index in [0.29, 0.717) is 24.5 Å². The zero-order valence-electron chi connectivity index (χ0n) is 16.4. The molecule has 1 aromatic heterocycles. The number of aryl methyl sites for hydroxylation is 1. The number of nitrogens with one attached hydrogen (secondary N) is 1. The van der Waals surface area contributed by atoms with E-state index in [0.717, 1.165) is 5.69 Å². The number of benzene rings is 2. The van der Waals surface area contributed by atoms with Crippen LogP contribution < -0.4 is 10.1 Å². The lowest BCUT2D eigenvalue weighted by atomic mass is 10.0. The number of hydrogen-bond acceptors (Lipinski definition) is 5. The highest BCUT2D eigenvalue weighted by Gasteiger charge is 2.18. The zero-order valence-corrected chi connectivity index (χ0v) is 17.2. The lowest BCUT2D eigenvalue weighted by Crippen LogP contribution is -2.34. The summed E-state index contributed by atoms with van der Waals surface area (Å²) in [4.78, 5) is 19.1. The maximum atomic E-state index is 12.8. The van der Waals surface area contributed by atoms with Gasteiger partial charge >= 0.3 is 0 Å². The highest BCUT2D eigenvalue weighted by atomic mass is 32.1. The van der Waals surface area contributed by atoms with Gasteiger partial charge in [0.2, 0.25) is 0 Å². The number of hydrogen-bond donors (Lipinski definition) is 1. The molecule has 5 nitrogen and oxygen atoms in total. The van der Waals surface area contributed by atoms with Gasteiger partial charge in [0.1, 0.15) is 12.4 Å². The summed E-state index contributed by atoms with van der Waals surface area (Å²) in [6.07, 6.45) is 0. The van der Waals surface area contributed by atoms with Gasteiger partial charge in [-0.2, -0.15) is 0 Å². The molecule has 0 radical (unpaired) electrons. The van der Waals surface area contributed by atoms with Crippen LogP contribution in [0.25, 0.3) is 0 Å². The molecule has 0 aliphatic heterocycles. The average molecular weight is 396 g/mol. The third-order valence-electron chi connectivity index (χ3n) is 4.53. The minimum absolute atomic E-state index is 0.0904. The number of carbonyl (C=O) groups excluding carboxylic acids is 1. The maximum absolute atomic E-state index is 12.8. The Hall–Kier alpha value is -2.70. The molecule has 146 valence electrons. The topological polar surface area (TPSA) is 54.5 Å². The van der Waals surface area contributed by atoms with Crippen LogP contribution in [-0.2, 0) is 6.61 Å². The van der Waals surface area contributed by atoms with Crippen molar-refractivity contribution in [3.05, 3.63) is 81.8 Å². The number of amides is 1. The van der Waals surface area contributed by atoms with Gasteiger partial charge in [0.25, 0.3) is 5.91 Å². The van der Waals surface area contributed by atoms with Crippen molar-refractivity contribution in [2.45, 2.75) is 19.6 Å². The van der Waals surface area contributed by atoms with Gasteiger partial charge in [0.15, 0.2) is 0 Å². The number of ether oxygens (including phenoxy) is 1. The predicted octanol–water partition coefficient (Wildman–Crippen LogP) is 4.06. The Morgan fingerprint density at radius 1 is 1.18 bits per heavy atom. The monoisotopic (exact) mass is 395 g/mol. The summed E-state index contributed by atoms with van der Waals surface area (Å²) >= 11 is 1.52. The van der Waals surface area contributed by atoms with Gasteiger partial charge in [-0.25, -0.2) is 4.98 Å². The molecule has 1 atom stereocenters. The Labute approximate surface area is 170 Å². The first-order chi connectivity index (χ1) is 13.5. The van der Waals surface area contributed by atoms with Crippen LogP contribution in [0.2, 0.25) is 0 Å². The van der Waals surface area contributed by atoms with Gasteiger partial charge in [0.05, 0.1) is 22.8 Å². The molecule has 0 saturated carbocycles. The number of thiazole rings is 1. The summed E-state index contributed by atoms with van der Waals surface area (Å²) in [5.74, 6) is 0.414. The number of likely N-dealkylation sites (N-methyl/N-ethyl adjacent to an activating group) is 1. The van der Waals surface area contributed by atoms with Crippen molar-refractivity contribution in [1.29, 1.82) is 0 Å². The molecule has 1 N–H and O–H groups in total. The van der Waals surface area contributed by atoms with Crippen molar-refractivity contribution in [2.75, 3.05) is 20.6 Å². The van der Waals surface area contributed by atoms with E-state index in [1.165, 1.54) is 22.5 Å². The van der Waals surface area contributed by atoms with Gasteiger partial charge in [-0.1, -0.05) is 42.0 Å². The fourth-order valence-corrected chi connectivity index (χ4v) is 3.46. The quantitative estimate of drug-likeness (QED) is 0.625. The van der Waals surface area contributed by atoms with E-state index < -0.39 is 0 Å². The Morgan fingerprint density at radius 3 is 2.61 bits per heavy atom. The first kappa shape index (κ1) is 20.0. The number of para-hydroxylation sites is 1. The molecule has 0 aliphatic carbocycles. The van der Waals surface area contributed by atoms with Crippen LogP contribution >= 0.6 is 11.3 Å². The van der Waals surface area contributed by atoms with Crippen LogP contribution in [0.15, 0.2) is 59.4 Å². The second-order valence-electron chi connectivity index (χ2n) is 6.86. The molecule has 28 heavy (non-hydrogen) atoms. The summed E-state index contributed by atoms with van der Waals surface area (Å²) < 4.78 is 5.83. The van der Waals surface area contributed by atoms with Crippen LogP contribution in [-0.4, -0.2) is 36.4 Å². The van der Waals surface area contributed by atoms with Gasteiger partial charge in [0, 0.05) is 11.9 Å². The normalized spacial score (nSPS) is 12.0. The molecule has 0 aliphatic rings. The predicted molar refractivity (Wildman–Crippen MR) is 113 cm³/mol. The molecular formula is C22H25N3O2S. The fraction of sp³-hybridized carbons (Fsp3) is 0.273. The molecule has 3 aromatic rings. The SMILES string of the molecule is Cc1ccc(C(CNC(=O)c2ccccc2OCc2cscn2)N(C)C)cc1. The van der Waals surface area contributed by atoms with Gasteiger partial charge in [-0.05, 0) is 38.7 Å². The number of nitrogens with zero attached hydrogens (tertiary/aromatic N) is 2. The molecule has 0 saturated heterocycles. The minimum atomic E-state index is -0.146. The Balaban J connectivity index is 1.67. The standard InChI is InChI=1S/C22H25N3O2S/c1-16-8-10-17(11-9-16)20(25(2)3)12-23-22(26)19-6-4-5-7-21(19)27-13-18-14-28-15-24-18/h4-11,14-15,20H,12-13H2,1-3H3,(H,23,26). The molecule has 1 unspecified atom stereocenters. The third-order valence-corrected chi connectivity index (χ3v) is 5.17. The first-order valence-corrected chi connectivity index (χ1v) is 10.1. The second kappa shape index (κ2) is 9.48. The van der Waals surface area contributed by atoms with Crippen LogP contribution in [0, 0.1) is 6.92 Å². The largest absolute Gasteiger partial charge is 0.486 e. The summed E-state index contributed by atoms with van der Waals surface area (Å²) in [5.41, 5.74) is 5.54. The van der Waals surface area contributed by atoms with Crippen molar-refractivity contribution < 1.29 is 9.53 Å². The molecule has 0 spiro atoms. The second-order valence-corrected chi connectivity index (χ2v) is 7.58. The van der Waals surface area contributed by atoms with E-state index in [1.54, 1.807) is 11.6 Å². The minimum Gasteiger partial charge on any atom is -0.486 e. The molecule has 3 rings (SSSR count). The summed E-state index contributed by atoms with van der Waals surface area (Å²) in [7, 11) is 4.03. The van der Waals surface area contributed by atoms with Crippen molar-refractivity contribution in [1.82, 2.24) is 15.2 Å². The summed E-state index contributed by atoms with van der Waals surface area (Å²) in [6.45, 7) is 2.92. The summed E-state index contributed by atoms with van der Waals surface area (Å²) in [5, 5.41) is 4.99. The van der Waals surface area contributed by atoms with Crippen LogP contribution in [0.5, 0.6) is 5.75 Å². The molecule has 1 heterocycles. The van der Waals surface area contributed by atoms with E-state index in [-0.39, 0.29) is 11.9 Å².